The van der Waals surface area contributed by atoms with Crippen molar-refractivity contribution in [3.63, 3.8) is 0 Å². The van der Waals surface area contributed by atoms with Gasteiger partial charge in [0.2, 0.25) is 5.52 Å². The third kappa shape index (κ3) is 7.17. The number of hydrogen-bond donors (Lipinski definition) is 5. The van der Waals surface area contributed by atoms with E-state index in [1.807, 2.05) is 5.32 Å². The second-order valence-electron chi connectivity index (χ2n) is 2.53. The van der Waals surface area contributed by atoms with Crippen molar-refractivity contribution in [1.29, 1.82) is 0 Å². The summed E-state index contributed by atoms with van der Waals surface area (Å²) in [5, 5.41) is 3.55. The molecular weight excluding hydrogens is 312 g/mol. The molecule has 5 N–H and O–H groups in total. The number of nitrogens with one attached hydrogen (secondary N) is 1. The molecule has 1 aromatic rings. The molecule has 0 saturated heterocycles. The number of nitrogens with zero attached hydrogens (tertiary/aromatic N) is 1. The standard InChI is InChI=1S/C4H8N2O6P2S.2Na.2H/c7-13(8,9)4(14(10,11)12)6-3-5-1-2-15-3;;;;/h1-2,4H,(H,5,6)(H2,7,8,9)(H2,10,11,12);;;;. The summed E-state index contributed by atoms with van der Waals surface area (Å²) in [6.07, 6.45) is 1.34. The molecule has 1 heterocycles. The maximum absolute atomic E-state index is 10.8. The minimum atomic E-state index is -4.95. The van der Waals surface area contributed by atoms with Crippen LogP contribution in [0.15, 0.2) is 11.6 Å². The van der Waals surface area contributed by atoms with Gasteiger partial charge in [0.05, 0.1) is 0 Å². The van der Waals surface area contributed by atoms with Crippen LogP contribution in [0.3, 0.4) is 0 Å². The molecule has 0 spiro atoms. The van der Waals surface area contributed by atoms with Crippen LogP contribution in [0.25, 0.3) is 0 Å². The Labute approximate surface area is 145 Å². The van der Waals surface area contributed by atoms with Crippen molar-refractivity contribution in [2.24, 2.45) is 0 Å². The molecule has 1 rings (SSSR count). The number of rotatable bonds is 4. The average molecular weight is 322 g/mol. The molecule has 0 radical (unpaired) electrons. The molecular formula is C4H10N2Na2O6P2S. The molecule has 13 heteroatoms. The first-order valence-electron chi connectivity index (χ1n) is 3.48. The van der Waals surface area contributed by atoms with Gasteiger partial charge in [0.15, 0.2) is 5.13 Å². The maximum atomic E-state index is 10.8. The van der Waals surface area contributed by atoms with Crippen LogP contribution in [0, 0.1) is 0 Å². The van der Waals surface area contributed by atoms with E-state index in [2.05, 4.69) is 4.98 Å². The van der Waals surface area contributed by atoms with E-state index in [-0.39, 0.29) is 64.2 Å². The number of thiazole rings is 1. The van der Waals surface area contributed by atoms with E-state index < -0.39 is 20.7 Å². The van der Waals surface area contributed by atoms with Gasteiger partial charge in [0, 0.05) is 11.6 Å². The summed E-state index contributed by atoms with van der Waals surface area (Å²) in [5.41, 5.74) is -2.25. The first-order valence-corrected chi connectivity index (χ1v) is 7.72. The minimum absolute atomic E-state index is 0. The molecule has 17 heavy (non-hydrogen) atoms. The predicted octanol–water partition coefficient (Wildman–Crippen LogP) is -1.10. The van der Waals surface area contributed by atoms with E-state index in [1.165, 1.54) is 11.6 Å². The first-order chi connectivity index (χ1) is 6.71. The van der Waals surface area contributed by atoms with Gasteiger partial charge in [-0.15, -0.1) is 11.3 Å². The first kappa shape index (κ1) is 21.0. The van der Waals surface area contributed by atoms with Crippen molar-refractivity contribution in [3.05, 3.63) is 11.6 Å². The predicted molar refractivity (Wildman–Crippen MR) is 67.9 cm³/mol. The Morgan fingerprint density at radius 3 is 1.94 bits per heavy atom. The molecule has 0 aliphatic carbocycles. The van der Waals surface area contributed by atoms with Crippen LogP contribution in [0.1, 0.15) is 0 Å². The molecule has 0 atom stereocenters. The quantitative estimate of drug-likeness (QED) is 0.347. The van der Waals surface area contributed by atoms with Crippen molar-refractivity contribution in [2.75, 3.05) is 5.32 Å². The molecule has 0 unspecified atom stereocenters. The summed E-state index contributed by atoms with van der Waals surface area (Å²) in [5.74, 6) is 0. The van der Waals surface area contributed by atoms with Gasteiger partial charge in [0.25, 0.3) is 0 Å². The van der Waals surface area contributed by atoms with Gasteiger partial charge in [-0.3, -0.25) is 9.13 Å². The van der Waals surface area contributed by atoms with E-state index in [1.54, 1.807) is 0 Å². The zero-order valence-electron chi connectivity index (χ0n) is 7.09. The Morgan fingerprint density at radius 2 is 1.65 bits per heavy atom. The van der Waals surface area contributed by atoms with Gasteiger partial charge in [-0.1, -0.05) is 0 Å². The third-order valence-electron chi connectivity index (χ3n) is 1.32. The Bertz CT molecular complexity index is 396. The van der Waals surface area contributed by atoms with Gasteiger partial charge < -0.3 is 24.9 Å². The summed E-state index contributed by atoms with van der Waals surface area (Å²) in [6.45, 7) is 0. The van der Waals surface area contributed by atoms with Crippen LogP contribution in [-0.4, -0.2) is 89.2 Å². The van der Waals surface area contributed by atoms with Crippen molar-refractivity contribution in [3.8, 4) is 0 Å². The molecule has 8 nitrogen and oxygen atoms in total. The summed E-state index contributed by atoms with van der Waals surface area (Å²) < 4.78 is 21.6. The molecule has 0 aliphatic rings. The molecule has 0 aliphatic heterocycles. The Hall–Kier alpha value is 1.73. The van der Waals surface area contributed by atoms with E-state index in [4.69, 9.17) is 19.6 Å². The Kier molecular flexibility index (Phi) is 10.0. The van der Waals surface area contributed by atoms with E-state index in [0.29, 0.717) is 0 Å². The zero-order chi connectivity index (χ0) is 11.7. The molecule has 0 fully saturated rings. The van der Waals surface area contributed by atoms with Gasteiger partial charge in [-0.05, 0) is 0 Å². The van der Waals surface area contributed by atoms with Crippen molar-refractivity contribution in [1.82, 2.24) is 4.98 Å². The topological polar surface area (TPSA) is 140 Å². The number of hydrogen-bond acceptors (Lipinski definition) is 5. The van der Waals surface area contributed by atoms with Crippen molar-refractivity contribution >= 4 is 90.8 Å². The molecule has 1 aromatic heterocycles. The van der Waals surface area contributed by atoms with Gasteiger partial charge in [-0.2, -0.15) is 0 Å². The molecule has 90 valence electrons. The van der Waals surface area contributed by atoms with Gasteiger partial charge in [0.1, 0.15) is 0 Å². The summed E-state index contributed by atoms with van der Waals surface area (Å²) >= 11 is 0.975. The van der Waals surface area contributed by atoms with Crippen LogP contribution < -0.4 is 5.32 Å². The fraction of sp³-hybridized carbons (Fsp3) is 0.250. The zero-order valence-corrected chi connectivity index (χ0v) is 9.69. The van der Waals surface area contributed by atoms with Crippen molar-refractivity contribution < 1.29 is 28.7 Å². The van der Waals surface area contributed by atoms with Crippen LogP contribution in [0.2, 0.25) is 0 Å². The molecule has 0 aromatic carbocycles. The molecule has 0 bridgehead atoms. The second-order valence-corrected chi connectivity index (χ2v) is 7.22. The molecule has 0 saturated carbocycles. The normalized spacial score (nSPS) is 11.6. The SMILES string of the molecule is O=P(O)(O)C(Nc1nccs1)P(=O)(O)O.[NaH].[NaH]. The Balaban J connectivity index is 0. The van der Waals surface area contributed by atoms with Gasteiger partial charge in [-0.25, -0.2) is 4.98 Å². The Morgan fingerprint density at radius 1 is 1.18 bits per heavy atom. The summed E-state index contributed by atoms with van der Waals surface area (Å²) in [7, 11) is -9.89. The number of aromatic nitrogens is 1. The number of anilines is 1. The second kappa shape index (κ2) is 8.11. The van der Waals surface area contributed by atoms with Crippen LogP contribution in [0.5, 0.6) is 0 Å². The molecule has 0 amide bonds. The van der Waals surface area contributed by atoms with Crippen LogP contribution in [0.4, 0.5) is 5.13 Å². The van der Waals surface area contributed by atoms with Crippen LogP contribution in [-0.2, 0) is 9.13 Å². The average Bonchev–Trinajstić information content (AvgIpc) is 2.46. The summed E-state index contributed by atoms with van der Waals surface area (Å²) in [6, 6.07) is 0. The van der Waals surface area contributed by atoms with Crippen LogP contribution >= 0.6 is 26.5 Å². The fourth-order valence-electron chi connectivity index (χ4n) is 0.769. The fourth-order valence-corrected chi connectivity index (χ4v) is 3.65. The monoisotopic (exact) mass is 322 g/mol. The van der Waals surface area contributed by atoms with Gasteiger partial charge >= 0.3 is 74.3 Å². The van der Waals surface area contributed by atoms with E-state index >= 15 is 0 Å². The van der Waals surface area contributed by atoms with E-state index in [0.717, 1.165) is 11.3 Å². The van der Waals surface area contributed by atoms with E-state index in [9.17, 15) is 9.13 Å². The van der Waals surface area contributed by atoms with Crippen molar-refractivity contribution in [2.45, 2.75) is 5.52 Å². The summed E-state index contributed by atoms with van der Waals surface area (Å²) in [4.78, 5) is 38.6. The third-order valence-corrected chi connectivity index (χ3v) is 5.36.